The van der Waals surface area contributed by atoms with Gasteiger partial charge in [-0.3, -0.25) is 4.79 Å². The van der Waals surface area contributed by atoms with Crippen molar-refractivity contribution in [2.75, 3.05) is 6.61 Å². The zero-order valence-electron chi connectivity index (χ0n) is 16.8. The zero-order valence-corrected chi connectivity index (χ0v) is 17.6. The van der Waals surface area contributed by atoms with Gasteiger partial charge < -0.3 is 9.84 Å². The van der Waals surface area contributed by atoms with E-state index in [1.54, 1.807) is 12.1 Å². The number of carbonyl (C=O) groups is 1. The average molecular weight is 441 g/mol. The summed E-state index contributed by atoms with van der Waals surface area (Å²) >= 11 is 6.49. The third kappa shape index (κ3) is 5.09. The molecular formula is C23H24ClF3O3. The molecule has 0 radical (unpaired) electrons. The number of ether oxygens (including phenoxy) is 1. The van der Waals surface area contributed by atoms with Crippen LogP contribution in [0.2, 0.25) is 5.02 Å². The van der Waals surface area contributed by atoms with Gasteiger partial charge in [-0.25, -0.2) is 0 Å². The molecular weight excluding hydrogens is 417 g/mol. The maximum Gasteiger partial charge on any atom is 0.416 e. The highest BCUT2D eigenvalue weighted by Crippen LogP contribution is 2.43. The monoisotopic (exact) mass is 440 g/mol. The van der Waals surface area contributed by atoms with E-state index in [9.17, 15) is 23.1 Å². The molecule has 1 saturated carbocycles. The van der Waals surface area contributed by atoms with E-state index in [1.807, 2.05) is 13.8 Å². The van der Waals surface area contributed by atoms with Crippen molar-refractivity contribution in [1.82, 2.24) is 0 Å². The van der Waals surface area contributed by atoms with Crippen LogP contribution in [-0.2, 0) is 11.0 Å². The van der Waals surface area contributed by atoms with Crippen molar-refractivity contribution in [3.8, 4) is 16.9 Å². The molecule has 1 N–H and O–H groups in total. The summed E-state index contributed by atoms with van der Waals surface area (Å²) in [4.78, 5) is 11.9. The first-order valence-corrected chi connectivity index (χ1v) is 10.4. The van der Waals surface area contributed by atoms with Crippen LogP contribution in [0, 0.1) is 11.8 Å². The Kier molecular flexibility index (Phi) is 6.65. The Bertz CT molecular complexity index is 905. The summed E-state index contributed by atoms with van der Waals surface area (Å²) in [5.74, 6) is -1.06. The summed E-state index contributed by atoms with van der Waals surface area (Å²) in [6.07, 6.45) is -1.64. The fourth-order valence-electron chi connectivity index (χ4n) is 3.43. The number of carboxylic acids is 1. The molecule has 1 fully saturated rings. The quantitative estimate of drug-likeness (QED) is 0.479. The van der Waals surface area contributed by atoms with E-state index in [2.05, 4.69) is 0 Å². The Morgan fingerprint density at radius 2 is 1.87 bits per heavy atom. The van der Waals surface area contributed by atoms with E-state index in [0.717, 1.165) is 25.0 Å². The van der Waals surface area contributed by atoms with E-state index < -0.39 is 23.6 Å². The van der Waals surface area contributed by atoms with Crippen LogP contribution in [0.25, 0.3) is 11.1 Å². The molecule has 0 heterocycles. The number of hydrogen-bond acceptors (Lipinski definition) is 2. The number of aliphatic carboxylic acids is 1. The van der Waals surface area contributed by atoms with Crippen LogP contribution in [0.3, 0.4) is 0 Å². The molecule has 0 bridgehead atoms. The van der Waals surface area contributed by atoms with Crippen LogP contribution in [0.1, 0.15) is 50.2 Å². The van der Waals surface area contributed by atoms with Gasteiger partial charge in [0.25, 0.3) is 0 Å². The van der Waals surface area contributed by atoms with Gasteiger partial charge in [-0.15, -0.1) is 0 Å². The molecule has 2 aromatic carbocycles. The fraction of sp³-hybridized carbons (Fsp3) is 0.435. The van der Waals surface area contributed by atoms with Crippen molar-refractivity contribution in [2.45, 2.75) is 45.2 Å². The van der Waals surface area contributed by atoms with Gasteiger partial charge in [-0.2, -0.15) is 13.2 Å². The minimum atomic E-state index is -4.44. The first-order valence-electron chi connectivity index (χ1n) is 9.98. The van der Waals surface area contributed by atoms with E-state index in [1.165, 1.54) is 12.1 Å². The van der Waals surface area contributed by atoms with Gasteiger partial charge in [0.05, 0.1) is 23.1 Å². The summed E-state index contributed by atoms with van der Waals surface area (Å²) in [6, 6.07) is 8.01. The highest BCUT2D eigenvalue weighted by molar-refractivity contribution is 6.32. The molecule has 30 heavy (non-hydrogen) atoms. The maximum absolute atomic E-state index is 13.0. The van der Waals surface area contributed by atoms with E-state index in [4.69, 9.17) is 16.3 Å². The van der Waals surface area contributed by atoms with Gasteiger partial charge in [-0.05, 0) is 60.1 Å². The predicted molar refractivity (Wildman–Crippen MR) is 110 cm³/mol. The summed E-state index contributed by atoms with van der Waals surface area (Å²) < 4.78 is 44.8. The minimum absolute atomic E-state index is 0.141. The molecule has 3 nitrogen and oxygen atoms in total. The maximum atomic E-state index is 13.0. The van der Waals surface area contributed by atoms with Gasteiger partial charge in [-0.1, -0.05) is 44.0 Å². The molecule has 0 saturated heterocycles. The van der Waals surface area contributed by atoms with Gasteiger partial charge in [0, 0.05) is 5.56 Å². The van der Waals surface area contributed by atoms with Gasteiger partial charge >= 0.3 is 12.1 Å². The molecule has 2 unspecified atom stereocenters. The van der Waals surface area contributed by atoms with Crippen molar-refractivity contribution in [1.29, 1.82) is 0 Å². The SMILES string of the molecule is CCC(C)C(C(=O)O)c1cc(Cl)c(OCC2CC2)c(-c2ccc(C(F)(F)F)cc2)c1. The third-order valence-electron chi connectivity index (χ3n) is 5.59. The Labute approximate surface area is 178 Å². The lowest BCUT2D eigenvalue weighted by molar-refractivity contribution is -0.140. The molecule has 3 rings (SSSR count). The highest BCUT2D eigenvalue weighted by atomic mass is 35.5. The molecule has 0 aromatic heterocycles. The number of halogens is 4. The van der Waals surface area contributed by atoms with Crippen molar-refractivity contribution in [2.24, 2.45) is 11.8 Å². The van der Waals surface area contributed by atoms with Crippen molar-refractivity contribution < 1.29 is 27.8 Å². The second-order valence-corrected chi connectivity index (χ2v) is 8.32. The Balaban J connectivity index is 2.08. The molecule has 1 aliphatic carbocycles. The zero-order chi connectivity index (χ0) is 22.1. The van der Waals surface area contributed by atoms with Crippen LogP contribution in [0.4, 0.5) is 13.2 Å². The van der Waals surface area contributed by atoms with Crippen molar-refractivity contribution in [3.05, 3.63) is 52.5 Å². The lowest BCUT2D eigenvalue weighted by Crippen LogP contribution is -2.19. The topological polar surface area (TPSA) is 46.5 Å². The number of carboxylic acid groups (broad SMARTS) is 1. The lowest BCUT2D eigenvalue weighted by Gasteiger charge is -2.22. The smallest absolute Gasteiger partial charge is 0.416 e. The molecule has 0 amide bonds. The van der Waals surface area contributed by atoms with E-state index >= 15 is 0 Å². The third-order valence-corrected chi connectivity index (χ3v) is 5.87. The molecule has 1 aliphatic rings. The van der Waals surface area contributed by atoms with Crippen LogP contribution in [-0.4, -0.2) is 17.7 Å². The van der Waals surface area contributed by atoms with Crippen LogP contribution >= 0.6 is 11.6 Å². The first kappa shape index (κ1) is 22.5. The summed E-state index contributed by atoms with van der Waals surface area (Å²) in [7, 11) is 0. The van der Waals surface area contributed by atoms with Crippen LogP contribution < -0.4 is 4.74 Å². The summed E-state index contributed by atoms with van der Waals surface area (Å²) in [6.45, 7) is 4.23. The number of hydrogen-bond donors (Lipinski definition) is 1. The molecule has 0 spiro atoms. The Morgan fingerprint density at radius 3 is 2.37 bits per heavy atom. The normalized spacial score (nSPS) is 16.2. The van der Waals surface area contributed by atoms with Crippen molar-refractivity contribution >= 4 is 17.6 Å². The lowest BCUT2D eigenvalue weighted by atomic mass is 9.84. The van der Waals surface area contributed by atoms with Crippen LogP contribution in [0.15, 0.2) is 36.4 Å². The molecule has 2 aromatic rings. The van der Waals surface area contributed by atoms with Gasteiger partial charge in [0.15, 0.2) is 0 Å². The molecule has 0 aliphatic heterocycles. The summed E-state index contributed by atoms with van der Waals surface area (Å²) in [5, 5.41) is 10.0. The van der Waals surface area contributed by atoms with Crippen LogP contribution in [0.5, 0.6) is 5.75 Å². The number of alkyl halides is 3. The Morgan fingerprint density at radius 1 is 1.23 bits per heavy atom. The number of benzene rings is 2. The molecule has 7 heteroatoms. The van der Waals surface area contributed by atoms with E-state index in [0.29, 0.717) is 41.4 Å². The van der Waals surface area contributed by atoms with Gasteiger partial charge in [0.2, 0.25) is 0 Å². The average Bonchev–Trinajstić information content (AvgIpc) is 3.50. The summed E-state index contributed by atoms with van der Waals surface area (Å²) in [5.41, 5.74) is 0.750. The highest BCUT2D eigenvalue weighted by Gasteiger charge is 2.31. The first-order chi connectivity index (χ1) is 14.1. The molecule has 162 valence electrons. The Hall–Kier alpha value is -2.21. The fourth-order valence-corrected chi connectivity index (χ4v) is 3.71. The van der Waals surface area contributed by atoms with E-state index in [-0.39, 0.29) is 10.9 Å². The largest absolute Gasteiger partial charge is 0.491 e. The minimum Gasteiger partial charge on any atom is -0.491 e. The predicted octanol–water partition coefficient (Wildman–Crippen LogP) is 7.03. The van der Waals surface area contributed by atoms with Crippen molar-refractivity contribution in [3.63, 3.8) is 0 Å². The number of rotatable bonds is 8. The second kappa shape index (κ2) is 8.88. The molecule has 2 atom stereocenters. The second-order valence-electron chi connectivity index (χ2n) is 7.91. The van der Waals surface area contributed by atoms with Gasteiger partial charge in [0.1, 0.15) is 5.75 Å². The standard InChI is InChI=1S/C23H24ClF3O3/c1-3-13(2)20(22(28)29)16-10-18(15-6-8-17(9-7-15)23(25,26)27)21(19(24)11-16)30-12-14-4-5-14/h6-11,13-14,20H,3-5,12H2,1-2H3,(H,28,29).